The number of H-pyrrole nitrogens is 1. The van der Waals surface area contributed by atoms with E-state index in [1.165, 1.54) is 18.3 Å². The zero-order valence-corrected chi connectivity index (χ0v) is 10.7. The Morgan fingerprint density at radius 1 is 1.29 bits per heavy atom. The topological polar surface area (TPSA) is 90.6 Å². The molecule has 3 N–H and O–H groups in total. The first-order chi connectivity index (χ1) is 10.1. The lowest BCUT2D eigenvalue weighted by molar-refractivity contribution is 0.0696. The second kappa shape index (κ2) is 4.65. The number of aromatic hydroxyl groups is 1. The molecule has 1 aromatic carbocycles. The SMILES string of the molecule is [C-]#[N+]c1ccc2[nH]c(O)c(-c3ccc(C(=O)O)cn3)c2c1. The second-order valence-electron chi connectivity index (χ2n) is 4.43. The lowest BCUT2D eigenvalue weighted by atomic mass is 10.1. The van der Waals surface area contributed by atoms with Gasteiger partial charge < -0.3 is 15.2 Å². The summed E-state index contributed by atoms with van der Waals surface area (Å²) in [5.74, 6) is -1.13. The Balaban J connectivity index is 2.21. The van der Waals surface area contributed by atoms with Gasteiger partial charge in [-0.1, -0.05) is 6.07 Å². The number of aromatic nitrogens is 2. The van der Waals surface area contributed by atoms with Crippen molar-refractivity contribution in [1.82, 2.24) is 9.97 Å². The Bertz CT molecular complexity index is 889. The Hall–Kier alpha value is -3.33. The van der Waals surface area contributed by atoms with E-state index in [4.69, 9.17) is 11.7 Å². The molecule has 102 valence electrons. The van der Waals surface area contributed by atoms with Gasteiger partial charge in [0.25, 0.3) is 0 Å². The molecule has 0 bridgehead atoms. The van der Waals surface area contributed by atoms with Gasteiger partial charge in [0.1, 0.15) is 0 Å². The van der Waals surface area contributed by atoms with Crippen molar-refractivity contribution in [3.63, 3.8) is 0 Å². The molecule has 0 spiro atoms. The third-order valence-corrected chi connectivity index (χ3v) is 3.16. The van der Waals surface area contributed by atoms with Crippen molar-refractivity contribution in [3.8, 4) is 17.1 Å². The summed E-state index contributed by atoms with van der Waals surface area (Å²) >= 11 is 0. The molecule has 3 aromatic rings. The average Bonchev–Trinajstić information content (AvgIpc) is 2.82. The Kier molecular flexibility index (Phi) is 2.81. The summed E-state index contributed by atoms with van der Waals surface area (Å²) in [4.78, 5) is 21.1. The van der Waals surface area contributed by atoms with Crippen LogP contribution in [0.1, 0.15) is 10.4 Å². The molecule has 6 nitrogen and oxygen atoms in total. The zero-order chi connectivity index (χ0) is 15.0. The molecular weight excluding hydrogens is 270 g/mol. The molecule has 3 rings (SSSR count). The van der Waals surface area contributed by atoms with E-state index in [0.717, 1.165) is 0 Å². The van der Waals surface area contributed by atoms with Crippen LogP contribution in [0.5, 0.6) is 5.88 Å². The maximum atomic E-state index is 10.8. The maximum Gasteiger partial charge on any atom is 0.337 e. The van der Waals surface area contributed by atoms with Gasteiger partial charge in [0.15, 0.2) is 11.6 Å². The molecule has 0 radical (unpaired) electrons. The van der Waals surface area contributed by atoms with Gasteiger partial charge in [0.2, 0.25) is 0 Å². The van der Waals surface area contributed by atoms with Gasteiger partial charge in [-0.15, -0.1) is 0 Å². The van der Waals surface area contributed by atoms with Gasteiger partial charge in [-0.3, -0.25) is 4.98 Å². The molecular formula is C15H9N3O3. The molecule has 0 atom stereocenters. The highest BCUT2D eigenvalue weighted by molar-refractivity contribution is 6.00. The lowest BCUT2D eigenvalue weighted by Crippen LogP contribution is -1.96. The van der Waals surface area contributed by atoms with E-state index in [-0.39, 0.29) is 11.4 Å². The molecule has 2 aromatic heterocycles. The number of hydrogen-bond donors (Lipinski definition) is 3. The van der Waals surface area contributed by atoms with Crippen molar-refractivity contribution in [2.24, 2.45) is 0 Å². The van der Waals surface area contributed by atoms with Crippen LogP contribution in [0.2, 0.25) is 0 Å². The third-order valence-electron chi connectivity index (χ3n) is 3.16. The minimum atomic E-state index is -1.06. The Labute approximate surface area is 119 Å². The summed E-state index contributed by atoms with van der Waals surface area (Å²) < 4.78 is 0. The summed E-state index contributed by atoms with van der Waals surface area (Å²) in [7, 11) is 0. The van der Waals surface area contributed by atoms with E-state index in [1.54, 1.807) is 18.2 Å². The van der Waals surface area contributed by atoms with Gasteiger partial charge in [-0.2, -0.15) is 0 Å². The number of benzene rings is 1. The number of pyridine rings is 1. The van der Waals surface area contributed by atoms with Crippen LogP contribution in [0.15, 0.2) is 36.5 Å². The minimum Gasteiger partial charge on any atom is -0.494 e. The molecule has 0 aliphatic rings. The number of aromatic amines is 1. The van der Waals surface area contributed by atoms with Crippen LogP contribution in [-0.2, 0) is 0 Å². The van der Waals surface area contributed by atoms with Crippen molar-refractivity contribution in [3.05, 3.63) is 53.5 Å². The smallest absolute Gasteiger partial charge is 0.337 e. The highest BCUT2D eigenvalue weighted by atomic mass is 16.4. The van der Waals surface area contributed by atoms with Crippen LogP contribution in [0.3, 0.4) is 0 Å². The van der Waals surface area contributed by atoms with Gasteiger partial charge >= 0.3 is 5.97 Å². The van der Waals surface area contributed by atoms with Gasteiger partial charge in [-0.05, 0) is 24.3 Å². The largest absolute Gasteiger partial charge is 0.494 e. The molecule has 0 unspecified atom stereocenters. The molecule has 0 saturated heterocycles. The summed E-state index contributed by atoms with van der Waals surface area (Å²) in [5, 5.41) is 19.6. The monoisotopic (exact) mass is 279 g/mol. The highest BCUT2D eigenvalue weighted by Gasteiger charge is 2.15. The zero-order valence-electron chi connectivity index (χ0n) is 10.7. The fraction of sp³-hybridized carbons (Fsp3) is 0. The van der Waals surface area contributed by atoms with Crippen molar-refractivity contribution < 1.29 is 15.0 Å². The van der Waals surface area contributed by atoms with Gasteiger partial charge in [-0.25, -0.2) is 9.64 Å². The molecule has 2 heterocycles. The minimum absolute atomic E-state index is 0.0669. The highest BCUT2D eigenvalue weighted by Crippen LogP contribution is 2.37. The van der Waals surface area contributed by atoms with Gasteiger partial charge in [0.05, 0.1) is 23.4 Å². The van der Waals surface area contributed by atoms with Crippen LogP contribution in [0, 0.1) is 6.57 Å². The maximum absolute atomic E-state index is 10.8. The summed E-state index contributed by atoms with van der Waals surface area (Å²) in [5.41, 5.74) is 2.09. The number of aromatic carboxylic acids is 1. The molecule has 21 heavy (non-hydrogen) atoms. The standard InChI is InChI=1S/C15H9N3O3/c1-16-9-3-5-11-10(6-9)13(14(19)18-11)12-4-2-8(7-17-12)15(20)21/h2-7,18-19H,(H,20,21). The van der Waals surface area contributed by atoms with E-state index in [1.807, 2.05) is 0 Å². The summed E-state index contributed by atoms with van der Waals surface area (Å²) in [6.07, 6.45) is 1.23. The molecule has 0 amide bonds. The van der Waals surface area contributed by atoms with E-state index in [0.29, 0.717) is 27.8 Å². The van der Waals surface area contributed by atoms with E-state index < -0.39 is 5.97 Å². The van der Waals surface area contributed by atoms with Crippen molar-refractivity contribution in [2.45, 2.75) is 0 Å². The first kappa shape index (κ1) is 12.7. The Morgan fingerprint density at radius 3 is 2.71 bits per heavy atom. The number of carboxylic acids is 1. The lowest BCUT2D eigenvalue weighted by Gasteiger charge is -2.01. The van der Waals surface area contributed by atoms with Crippen LogP contribution >= 0.6 is 0 Å². The average molecular weight is 279 g/mol. The number of nitrogens with zero attached hydrogens (tertiary/aromatic N) is 2. The fourth-order valence-electron chi connectivity index (χ4n) is 2.16. The van der Waals surface area contributed by atoms with Crippen LogP contribution in [-0.4, -0.2) is 26.2 Å². The molecule has 6 heteroatoms. The van der Waals surface area contributed by atoms with Crippen LogP contribution in [0.25, 0.3) is 27.0 Å². The van der Waals surface area contributed by atoms with Crippen molar-refractivity contribution in [2.75, 3.05) is 0 Å². The predicted octanol–water partition coefficient (Wildman–Crippen LogP) is 3.18. The quantitative estimate of drug-likeness (QED) is 0.628. The second-order valence-corrected chi connectivity index (χ2v) is 4.43. The normalized spacial score (nSPS) is 10.4. The third kappa shape index (κ3) is 2.07. The first-order valence-electron chi connectivity index (χ1n) is 6.02. The molecule has 0 saturated carbocycles. The number of nitrogens with one attached hydrogen (secondary N) is 1. The Morgan fingerprint density at radius 2 is 2.10 bits per heavy atom. The predicted molar refractivity (Wildman–Crippen MR) is 76.4 cm³/mol. The van der Waals surface area contributed by atoms with Crippen LogP contribution < -0.4 is 0 Å². The fourth-order valence-corrected chi connectivity index (χ4v) is 2.16. The summed E-state index contributed by atoms with van der Waals surface area (Å²) in [6.45, 7) is 7.05. The first-order valence-corrected chi connectivity index (χ1v) is 6.02. The number of carbonyl (C=O) groups is 1. The molecule has 0 aliphatic heterocycles. The van der Waals surface area contributed by atoms with E-state index in [2.05, 4.69) is 14.8 Å². The van der Waals surface area contributed by atoms with E-state index in [9.17, 15) is 9.90 Å². The van der Waals surface area contributed by atoms with Crippen molar-refractivity contribution in [1.29, 1.82) is 0 Å². The number of carboxylic acid groups (broad SMARTS) is 1. The van der Waals surface area contributed by atoms with E-state index >= 15 is 0 Å². The van der Waals surface area contributed by atoms with Crippen molar-refractivity contribution >= 4 is 22.6 Å². The molecule has 0 aliphatic carbocycles. The number of fused-ring (bicyclic) bond motifs is 1. The van der Waals surface area contributed by atoms with Crippen LogP contribution in [0.4, 0.5) is 5.69 Å². The number of rotatable bonds is 2. The molecule has 0 fully saturated rings. The number of hydrogen-bond acceptors (Lipinski definition) is 3. The summed E-state index contributed by atoms with van der Waals surface area (Å²) in [6, 6.07) is 7.95. The van der Waals surface area contributed by atoms with Gasteiger partial charge in [0, 0.05) is 17.1 Å².